The summed E-state index contributed by atoms with van der Waals surface area (Å²) in [5, 5.41) is 8.98. The van der Waals surface area contributed by atoms with Crippen LogP contribution in [0.1, 0.15) is 44.3 Å². The van der Waals surface area contributed by atoms with Crippen molar-refractivity contribution in [1.29, 1.82) is 0 Å². The Morgan fingerprint density at radius 2 is 2.08 bits per heavy atom. The van der Waals surface area contributed by atoms with Crippen LogP contribution in [-0.4, -0.2) is 40.3 Å². The number of imidazole rings is 1. The van der Waals surface area contributed by atoms with Crippen LogP contribution in [0.25, 0.3) is 11.6 Å². The van der Waals surface area contributed by atoms with Gasteiger partial charge in [0.25, 0.3) is 0 Å². The van der Waals surface area contributed by atoms with Gasteiger partial charge in [0, 0.05) is 18.4 Å². The summed E-state index contributed by atoms with van der Waals surface area (Å²) in [7, 11) is 0. The lowest BCUT2D eigenvalue weighted by Gasteiger charge is -2.47. The van der Waals surface area contributed by atoms with E-state index in [1.165, 1.54) is 19.3 Å². The van der Waals surface area contributed by atoms with Crippen molar-refractivity contribution in [2.24, 2.45) is 5.92 Å². The normalized spacial score (nSPS) is 26.5. The minimum atomic E-state index is -0.0695. The van der Waals surface area contributed by atoms with Crippen molar-refractivity contribution in [3.05, 3.63) is 36.6 Å². The van der Waals surface area contributed by atoms with Gasteiger partial charge in [0.05, 0.1) is 6.20 Å². The van der Waals surface area contributed by atoms with Gasteiger partial charge in [-0.05, 0) is 38.5 Å². The predicted molar refractivity (Wildman–Crippen MR) is 94.4 cm³/mol. The summed E-state index contributed by atoms with van der Waals surface area (Å²) >= 11 is 0. The number of hydrogen-bond acceptors (Lipinski definition) is 6. The highest BCUT2D eigenvalue weighted by Crippen LogP contribution is 2.62. The number of nitrogens with zero attached hydrogens (tertiary/aromatic N) is 8. The first kappa shape index (κ1) is 14.4. The molecule has 8 nitrogen and oxygen atoms in total. The molecular formula is C18H20N8. The molecule has 2 atom stereocenters. The van der Waals surface area contributed by atoms with Crippen LogP contribution in [0.4, 0.5) is 5.82 Å². The topological polar surface area (TPSA) is 77.5 Å². The highest BCUT2D eigenvalue weighted by Gasteiger charge is 2.64. The van der Waals surface area contributed by atoms with Crippen LogP contribution in [0.15, 0.2) is 24.9 Å². The SMILES string of the molecule is Cc1nnc2n1-c1cnc(-n3ccnc3)nc1N(C1CCC1)C21C[C@H]1C. The number of rotatable bonds is 2. The van der Waals surface area contributed by atoms with Crippen LogP contribution in [0, 0.1) is 12.8 Å². The molecule has 4 heterocycles. The van der Waals surface area contributed by atoms with Gasteiger partial charge in [0.1, 0.15) is 23.4 Å². The minimum absolute atomic E-state index is 0.0695. The van der Waals surface area contributed by atoms with Gasteiger partial charge in [0.15, 0.2) is 11.6 Å². The number of aryl methyl sites for hydroxylation is 1. The van der Waals surface area contributed by atoms with E-state index in [2.05, 4.69) is 36.6 Å². The van der Waals surface area contributed by atoms with Crippen molar-refractivity contribution in [3.8, 4) is 11.6 Å². The fraction of sp³-hybridized carbons (Fsp3) is 0.500. The van der Waals surface area contributed by atoms with Crippen LogP contribution >= 0.6 is 0 Å². The third kappa shape index (κ3) is 1.62. The van der Waals surface area contributed by atoms with E-state index in [4.69, 9.17) is 4.98 Å². The lowest BCUT2D eigenvalue weighted by atomic mass is 9.88. The molecule has 1 aliphatic heterocycles. The molecule has 1 unspecified atom stereocenters. The third-order valence-corrected chi connectivity index (χ3v) is 6.30. The molecule has 2 fully saturated rings. The van der Waals surface area contributed by atoms with E-state index in [0.717, 1.165) is 29.6 Å². The monoisotopic (exact) mass is 348 g/mol. The number of hydrogen-bond donors (Lipinski definition) is 0. The lowest BCUT2D eigenvalue weighted by molar-refractivity contribution is 0.327. The average molecular weight is 348 g/mol. The summed E-state index contributed by atoms with van der Waals surface area (Å²) in [5.74, 6) is 4.16. The van der Waals surface area contributed by atoms with Crippen molar-refractivity contribution in [1.82, 2.24) is 34.3 Å². The van der Waals surface area contributed by atoms with E-state index in [1.54, 1.807) is 12.5 Å². The summed E-state index contributed by atoms with van der Waals surface area (Å²) in [6.07, 6.45) is 12.1. The molecule has 0 radical (unpaired) electrons. The maximum atomic E-state index is 4.99. The molecule has 0 bridgehead atoms. The van der Waals surface area contributed by atoms with Gasteiger partial charge in [-0.2, -0.15) is 4.98 Å². The Morgan fingerprint density at radius 1 is 1.23 bits per heavy atom. The number of fused-ring (bicyclic) bond motifs is 4. The molecule has 6 rings (SSSR count). The molecule has 3 aromatic rings. The molecule has 2 saturated carbocycles. The van der Waals surface area contributed by atoms with Crippen LogP contribution in [0.2, 0.25) is 0 Å². The van der Waals surface area contributed by atoms with E-state index < -0.39 is 0 Å². The minimum Gasteiger partial charge on any atom is -0.338 e. The smallest absolute Gasteiger partial charge is 0.236 e. The summed E-state index contributed by atoms with van der Waals surface area (Å²) in [6, 6.07) is 0.523. The van der Waals surface area contributed by atoms with Crippen LogP contribution in [-0.2, 0) is 5.54 Å². The Hall–Kier alpha value is -2.77. The first-order chi connectivity index (χ1) is 12.7. The first-order valence-corrected chi connectivity index (χ1v) is 9.28. The van der Waals surface area contributed by atoms with Crippen molar-refractivity contribution < 1.29 is 0 Å². The van der Waals surface area contributed by atoms with Crippen molar-refractivity contribution in [2.45, 2.75) is 51.1 Å². The Bertz CT molecular complexity index is 1000. The van der Waals surface area contributed by atoms with Gasteiger partial charge in [-0.25, -0.2) is 9.97 Å². The molecule has 3 aromatic heterocycles. The summed E-state index contributed by atoms with van der Waals surface area (Å²) < 4.78 is 4.02. The molecular weight excluding hydrogens is 328 g/mol. The van der Waals surface area contributed by atoms with E-state index >= 15 is 0 Å². The zero-order chi connectivity index (χ0) is 17.5. The fourth-order valence-electron chi connectivity index (χ4n) is 4.62. The predicted octanol–water partition coefficient (Wildman–Crippen LogP) is 2.16. The van der Waals surface area contributed by atoms with Crippen molar-refractivity contribution in [3.63, 3.8) is 0 Å². The third-order valence-electron chi connectivity index (χ3n) is 6.30. The maximum absolute atomic E-state index is 4.99. The largest absolute Gasteiger partial charge is 0.338 e. The van der Waals surface area contributed by atoms with Gasteiger partial charge in [0.2, 0.25) is 5.95 Å². The van der Waals surface area contributed by atoms with E-state index in [9.17, 15) is 0 Å². The number of aromatic nitrogens is 7. The molecule has 8 heteroatoms. The van der Waals surface area contributed by atoms with Crippen molar-refractivity contribution in [2.75, 3.05) is 4.90 Å². The Morgan fingerprint density at radius 3 is 2.73 bits per heavy atom. The van der Waals surface area contributed by atoms with E-state index in [1.807, 2.05) is 23.9 Å². The quantitative estimate of drug-likeness (QED) is 0.706. The van der Waals surface area contributed by atoms with E-state index in [0.29, 0.717) is 17.9 Å². The number of anilines is 1. The fourth-order valence-corrected chi connectivity index (χ4v) is 4.62. The van der Waals surface area contributed by atoms with Gasteiger partial charge >= 0.3 is 0 Å². The molecule has 0 saturated heterocycles. The summed E-state index contributed by atoms with van der Waals surface area (Å²) in [5.41, 5.74) is 0.919. The molecule has 26 heavy (non-hydrogen) atoms. The Balaban J connectivity index is 1.62. The first-order valence-electron chi connectivity index (χ1n) is 9.28. The highest BCUT2D eigenvalue weighted by molar-refractivity contribution is 5.67. The maximum Gasteiger partial charge on any atom is 0.236 e. The second-order valence-electron chi connectivity index (χ2n) is 7.74. The van der Waals surface area contributed by atoms with Gasteiger partial charge in [-0.1, -0.05) is 6.92 Å². The summed E-state index contributed by atoms with van der Waals surface area (Å²) in [6.45, 7) is 4.31. The molecule has 0 N–H and O–H groups in total. The van der Waals surface area contributed by atoms with Crippen LogP contribution in [0.5, 0.6) is 0 Å². The van der Waals surface area contributed by atoms with Crippen LogP contribution in [0.3, 0.4) is 0 Å². The Labute approximate surface area is 150 Å². The zero-order valence-electron chi connectivity index (χ0n) is 14.9. The molecule has 3 aliphatic rings. The second-order valence-corrected chi connectivity index (χ2v) is 7.74. The summed E-state index contributed by atoms with van der Waals surface area (Å²) in [4.78, 5) is 16.3. The molecule has 0 amide bonds. The van der Waals surface area contributed by atoms with Gasteiger partial charge < -0.3 is 4.90 Å². The second kappa shape index (κ2) is 4.69. The average Bonchev–Trinajstić information content (AvgIpc) is 2.98. The van der Waals surface area contributed by atoms with Gasteiger partial charge in [-0.15, -0.1) is 10.2 Å². The molecule has 2 aliphatic carbocycles. The van der Waals surface area contributed by atoms with Gasteiger partial charge in [-0.3, -0.25) is 9.13 Å². The van der Waals surface area contributed by atoms with Crippen LogP contribution < -0.4 is 4.90 Å². The molecule has 0 aromatic carbocycles. The highest BCUT2D eigenvalue weighted by atomic mass is 15.4. The Kier molecular flexibility index (Phi) is 2.60. The zero-order valence-corrected chi connectivity index (χ0v) is 14.9. The standard InChI is InChI=1S/C18H20N8/c1-11-8-18(11)16-23-22-12(2)25(16)14-9-20-17(24-7-6-19-10-24)21-15(14)26(18)13-4-3-5-13/h6-7,9-11,13H,3-5,8H2,1-2H3/t11-,18?/m1/s1. The van der Waals surface area contributed by atoms with E-state index in [-0.39, 0.29) is 5.54 Å². The lowest BCUT2D eigenvalue weighted by Crippen LogP contribution is -2.52. The molecule has 132 valence electrons. The van der Waals surface area contributed by atoms with Crippen molar-refractivity contribution >= 4 is 5.82 Å². The molecule has 1 spiro atoms.